The molecule has 0 aliphatic carbocycles. The second-order valence-electron chi connectivity index (χ2n) is 5.04. The monoisotopic (exact) mass is 360 g/mol. The van der Waals surface area contributed by atoms with Crippen LogP contribution >= 0.6 is 11.6 Å². The van der Waals surface area contributed by atoms with E-state index < -0.39 is 16.1 Å². The molecule has 1 rings (SSSR count). The number of unbranched alkanes of at least 4 members (excludes halogenated alkanes) is 2. The van der Waals surface area contributed by atoms with Gasteiger partial charge in [-0.3, -0.25) is 0 Å². The average molecular weight is 361 g/mol. The number of hydrogen-bond acceptors (Lipinski definition) is 5. The number of carbonyl (C=O) groups is 1. The molecule has 7 heteroatoms. The molecular weight excluding hydrogens is 340 g/mol. The summed E-state index contributed by atoms with van der Waals surface area (Å²) in [5.74, 6) is -0.912. The summed E-state index contributed by atoms with van der Waals surface area (Å²) < 4.78 is 34.3. The molecule has 1 aromatic rings. The number of aryl methyl sites for hydroxylation is 1. The number of ether oxygens (including phenoxy) is 1. The van der Waals surface area contributed by atoms with Gasteiger partial charge in [0.05, 0.1) is 7.11 Å². The Morgan fingerprint density at radius 2 is 1.78 bits per heavy atom. The molecule has 23 heavy (non-hydrogen) atoms. The zero-order chi connectivity index (χ0) is 17.5. The van der Waals surface area contributed by atoms with Crippen LogP contribution in [0.5, 0.6) is 0 Å². The van der Waals surface area contributed by atoms with Gasteiger partial charge in [0, 0.05) is 6.42 Å². The second-order valence-corrected chi connectivity index (χ2v) is 6.96. The highest BCUT2D eigenvalue weighted by molar-refractivity contribution is 7.86. The predicted octanol–water partition coefficient (Wildman–Crippen LogP) is 3.90. The molecule has 0 heterocycles. The minimum atomic E-state index is -4.05. The van der Waals surface area contributed by atoms with Crippen LogP contribution in [0.1, 0.15) is 38.2 Å². The van der Waals surface area contributed by atoms with E-state index >= 15 is 0 Å². The summed E-state index contributed by atoms with van der Waals surface area (Å²) in [5.41, 5.74) is 0.926. The number of benzene rings is 1. The van der Waals surface area contributed by atoms with Crippen molar-refractivity contribution >= 4 is 27.7 Å². The van der Waals surface area contributed by atoms with Crippen LogP contribution in [0, 0.1) is 6.92 Å². The zero-order valence-corrected chi connectivity index (χ0v) is 15.0. The number of esters is 1. The standard InChI is InChI=1S/C16H21ClO5S/c1-4-5-6-7-14(15(17)16(18)21-3)22-23(19,20)13-10-8-12(2)9-11-13/h8-11H,4-7H2,1-3H3/b15-14+. The summed E-state index contributed by atoms with van der Waals surface area (Å²) in [5, 5.41) is -0.348. The highest BCUT2D eigenvalue weighted by Crippen LogP contribution is 2.24. The lowest BCUT2D eigenvalue weighted by Gasteiger charge is -2.12. The van der Waals surface area contributed by atoms with E-state index in [4.69, 9.17) is 15.8 Å². The van der Waals surface area contributed by atoms with Crippen molar-refractivity contribution < 1.29 is 22.1 Å². The van der Waals surface area contributed by atoms with E-state index in [0.717, 1.165) is 18.4 Å². The van der Waals surface area contributed by atoms with Gasteiger partial charge in [-0.2, -0.15) is 8.42 Å². The van der Waals surface area contributed by atoms with E-state index in [1.165, 1.54) is 19.2 Å². The van der Waals surface area contributed by atoms with Crippen LogP contribution in [0.25, 0.3) is 0 Å². The topological polar surface area (TPSA) is 69.7 Å². The summed E-state index contributed by atoms with van der Waals surface area (Å²) in [7, 11) is -2.88. The van der Waals surface area contributed by atoms with E-state index in [2.05, 4.69) is 4.74 Å². The van der Waals surface area contributed by atoms with Gasteiger partial charge in [-0.1, -0.05) is 49.1 Å². The molecule has 1 aromatic carbocycles. The molecule has 0 aliphatic rings. The van der Waals surface area contributed by atoms with Crippen molar-refractivity contribution in [1.82, 2.24) is 0 Å². The van der Waals surface area contributed by atoms with Crippen LogP contribution < -0.4 is 0 Å². The molecular formula is C16H21ClO5S. The Morgan fingerprint density at radius 3 is 2.30 bits per heavy atom. The normalized spacial score (nSPS) is 12.5. The first-order chi connectivity index (χ1) is 10.8. The fourth-order valence-corrected chi connectivity index (χ4v) is 3.07. The van der Waals surface area contributed by atoms with Crippen molar-refractivity contribution in [1.29, 1.82) is 0 Å². The molecule has 0 saturated carbocycles. The summed E-state index contributed by atoms with van der Waals surface area (Å²) >= 11 is 5.91. The van der Waals surface area contributed by atoms with E-state index in [9.17, 15) is 13.2 Å². The van der Waals surface area contributed by atoms with E-state index in [1.54, 1.807) is 12.1 Å². The van der Waals surface area contributed by atoms with Gasteiger partial charge in [0.15, 0.2) is 5.03 Å². The molecule has 5 nitrogen and oxygen atoms in total. The van der Waals surface area contributed by atoms with E-state index in [0.29, 0.717) is 6.42 Å². The summed E-state index contributed by atoms with van der Waals surface area (Å²) in [6, 6.07) is 6.22. The van der Waals surface area contributed by atoms with Gasteiger partial charge in [0.25, 0.3) is 0 Å². The minimum absolute atomic E-state index is 0.00502. The Bertz CT molecular complexity index is 662. The molecule has 0 spiro atoms. The first-order valence-corrected chi connectivity index (χ1v) is 9.08. The summed E-state index contributed by atoms with van der Waals surface area (Å²) in [4.78, 5) is 11.6. The van der Waals surface area contributed by atoms with Gasteiger partial charge in [0.2, 0.25) is 0 Å². The molecule has 0 N–H and O–H groups in total. The third kappa shape index (κ3) is 5.88. The van der Waals surface area contributed by atoms with Gasteiger partial charge in [-0.15, -0.1) is 0 Å². The van der Waals surface area contributed by atoms with Crippen LogP contribution in [0.2, 0.25) is 0 Å². The third-order valence-electron chi connectivity index (χ3n) is 3.14. The molecule has 0 saturated heterocycles. The van der Waals surface area contributed by atoms with E-state index in [-0.39, 0.29) is 22.1 Å². The van der Waals surface area contributed by atoms with Crippen LogP contribution in [-0.2, 0) is 23.8 Å². The molecule has 0 bridgehead atoms. The summed E-state index contributed by atoms with van der Waals surface area (Å²) in [6.45, 7) is 3.86. The van der Waals surface area contributed by atoms with Gasteiger partial charge in [-0.25, -0.2) is 4.79 Å². The predicted molar refractivity (Wildman–Crippen MR) is 88.5 cm³/mol. The molecule has 0 aliphatic heterocycles. The van der Waals surface area contributed by atoms with E-state index in [1.807, 2.05) is 13.8 Å². The minimum Gasteiger partial charge on any atom is -0.465 e. The molecule has 0 unspecified atom stereocenters. The Kier molecular flexibility index (Phi) is 7.58. The van der Waals surface area contributed by atoms with Gasteiger partial charge in [0.1, 0.15) is 10.7 Å². The van der Waals surface area contributed by atoms with Gasteiger partial charge < -0.3 is 8.92 Å². The Labute approximate surface area is 142 Å². The zero-order valence-electron chi connectivity index (χ0n) is 13.5. The van der Waals surface area contributed by atoms with Crippen molar-refractivity contribution in [2.45, 2.75) is 44.4 Å². The fourth-order valence-electron chi connectivity index (χ4n) is 1.81. The highest BCUT2D eigenvalue weighted by atomic mass is 35.5. The molecule has 0 fully saturated rings. The maximum atomic E-state index is 12.3. The molecule has 0 aromatic heterocycles. The maximum absolute atomic E-state index is 12.3. The van der Waals surface area contributed by atoms with Crippen LogP contribution in [0.3, 0.4) is 0 Å². The molecule has 0 atom stereocenters. The number of halogens is 1. The number of carbonyl (C=O) groups excluding carboxylic acids is 1. The molecule has 0 amide bonds. The number of allylic oxidation sites excluding steroid dienone is 1. The Hall–Kier alpha value is -1.53. The van der Waals surface area contributed by atoms with Crippen molar-refractivity contribution in [3.8, 4) is 0 Å². The van der Waals surface area contributed by atoms with Crippen LogP contribution in [0.15, 0.2) is 40.0 Å². The van der Waals surface area contributed by atoms with Crippen molar-refractivity contribution in [3.63, 3.8) is 0 Å². The quantitative estimate of drug-likeness (QED) is 0.231. The first kappa shape index (κ1) is 19.5. The van der Waals surface area contributed by atoms with Crippen LogP contribution in [0.4, 0.5) is 0 Å². The van der Waals surface area contributed by atoms with Crippen molar-refractivity contribution in [2.24, 2.45) is 0 Å². The van der Waals surface area contributed by atoms with Crippen molar-refractivity contribution in [3.05, 3.63) is 40.6 Å². The smallest absolute Gasteiger partial charge is 0.353 e. The van der Waals surface area contributed by atoms with Crippen LogP contribution in [-0.4, -0.2) is 21.5 Å². The van der Waals surface area contributed by atoms with Crippen molar-refractivity contribution in [2.75, 3.05) is 7.11 Å². The lowest BCUT2D eigenvalue weighted by Crippen LogP contribution is -2.11. The molecule has 128 valence electrons. The average Bonchev–Trinajstić information content (AvgIpc) is 2.53. The lowest BCUT2D eigenvalue weighted by atomic mass is 10.2. The fraction of sp³-hybridized carbons (Fsp3) is 0.438. The Morgan fingerprint density at radius 1 is 1.17 bits per heavy atom. The second kappa shape index (κ2) is 8.93. The largest absolute Gasteiger partial charge is 0.465 e. The van der Waals surface area contributed by atoms with Gasteiger partial charge in [-0.05, 0) is 25.5 Å². The SMILES string of the molecule is CCCCC/C(OS(=O)(=O)c1ccc(C)cc1)=C(\Cl)C(=O)OC. The van der Waals surface area contributed by atoms with Gasteiger partial charge >= 0.3 is 16.1 Å². The number of rotatable bonds is 8. The number of hydrogen-bond donors (Lipinski definition) is 0. The third-order valence-corrected chi connectivity index (χ3v) is 4.77. The lowest BCUT2D eigenvalue weighted by molar-refractivity contribution is -0.135. The number of methoxy groups -OCH3 is 1. The molecule has 0 radical (unpaired) electrons. The Balaban J connectivity index is 3.08. The summed E-state index contributed by atoms with van der Waals surface area (Å²) in [6.07, 6.45) is 2.70. The maximum Gasteiger partial charge on any atom is 0.353 e. The highest BCUT2D eigenvalue weighted by Gasteiger charge is 2.23. The first-order valence-electron chi connectivity index (χ1n) is 7.30.